The van der Waals surface area contributed by atoms with E-state index in [1.54, 1.807) is 0 Å². The average molecular weight is 190 g/mol. The Kier molecular flexibility index (Phi) is 2.46. The van der Waals surface area contributed by atoms with Gasteiger partial charge in [0, 0.05) is 12.2 Å². The molecule has 2 rings (SSSR count). The van der Waals surface area contributed by atoms with Crippen molar-refractivity contribution in [1.29, 1.82) is 0 Å². The van der Waals surface area contributed by atoms with Gasteiger partial charge in [0.05, 0.1) is 0 Å². The minimum absolute atomic E-state index is 0.336. The zero-order chi connectivity index (χ0) is 10.0. The minimum atomic E-state index is 0.336. The molecule has 0 spiro atoms. The summed E-state index contributed by atoms with van der Waals surface area (Å²) in [6.45, 7) is 4.13. The van der Waals surface area contributed by atoms with E-state index in [0.29, 0.717) is 5.41 Å². The van der Waals surface area contributed by atoms with Crippen LogP contribution in [-0.2, 0) is 6.42 Å². The predicted molar refractivity (Wildman–Crippen MR) is 60.4 cm³/mol. The zero-order valence-corrected chi connectivity index (χ0v) is 8.72. The molecule has 0 amide bonds. The Hall–Kier alpha value is -1.02. The van der Waals surface area contributed by atoms with E-state index in [1.807, 2.05) is 0 Å². The number of hydrogen-bond acceptors (Lipinski definition) is 2. The monoisotopic (exact) mass is 190 g/mol. The predicted octanol–water partition coefficient (Wildman–Crippen LogP) is 2.01. The molecule has 0 aliphatic carbocycles. The highest BCUT2D eigenvalue weighted by atomic mass is 14.9. The summed E-state index contributed by atoms with van der Waals surface area (Å²) in [4.78, 5) is 0. The highest BCUT2D eigenvalue weighted by molar-refractivity contribution is 5.53. The van der Waals surface area contributed by atoms with E-state index in [-0.39, 0.29) is 0 Å². The van der Waals surface area contributed by atoms with Gasteiger partial charge >= 0.3 is 0 Å². The molecule has 0 radical (unpaired) electrons. The first-order chi connectivity index (χ1) is 6.73. The quantitative estimate of drug-likeness (QED) is 0.748. The Labute approximate surface area is 85.5 Å². The second-order valence-corrected chi connectivity index (χ2v) is 4.54. The van der Waals surface area contributed by atoms with Crippen molar-refractivity contribution in [2.24, 2.45) is 11.1 Å². The fraction of sp³-hybridized carbons (Fsp3) is 0.500. The van der Waals surface area contributed by atoms with Gasteiger partial charge in [0.15, 0.2) is 0 Å². The lowest BCUT2D eigenvalue weighted by Crippen LogP contribution is -2.35. The summed E-state index contributed by atoms with van der Waals surface area (Å²) in [6, 6.07) is 8.54. The molecule has 1 unspecified atom stereocenters. The molecule has 1 aromatic carbocycles. The number of nitrogens with two attached hydrogens (primary N) is 1. The number of hydrogen-bond donors (Lipinski definition) is 2. The molecule has 1 atom stereocenters. The van der Waals surface area contributed by atoms with Crippen molar-refractivity contribution in [3.8, 4) is 0 Å². The fourth-order valence-corrected chi connectivity index (χ4v) is 2.20. The van der Waals surface area contributed by atoms with Crippen molar-refractivity contribution in [1.82, 2.24) is 0 Å². The van der Waals surface area contributed by atoms with Crippen molar-refractivity contribution >= 4 is 5.69 Å². The summed E-state index contributed by atoms with van der Waals surface area (Å²) in [5.41, 5.74) is 8.69. The summed E-state index contributed by atoms with van der Waals surface area (Å²) >= 11 is 0. The number of anilines is 1. The number of nitrogens with one attached hydrogen (secondary N) is 1. The van der Waals surface area contributed by atoms with Crippen LogP contribution < -0.4 is 11.1 Å². The molecular formula is C12H18N2. The molecular weight excluding hydrogens is 172 g/mol. The van der Waals surface area contributed by atoms with Crippen molar-refractivity contribution in [2.45, 2.75) is 19.8 Å². The van der Waals surface area contributed by atoms with E-state index in [9.17, 15) is 0 Å². The van der Waals surface area contributed by atoms with Crippen LogP contribution in [0.4, 0.5) is 5.69 Å². The average Bonchev–Trinajstić information content (AvgIpc) is 2.17. The van der Waals surface area contributed by atoms with Gasteiger partial charge in [-0.1, -0.05) is 25.1 Å². The number of para-hydroxylation sites is 1. The Balaban J connectivity index is 2.20. The van der Waals surface area contributed by atoms with Crippen LogP contribution >= 0.6 is 0 Å². The van der Waals surface area contributed by atoms with Gasteiger partial charge in [-0.25, -0.2) is 0 Å². The highest BCUT2D eigenvalue weighted by Crippen LogP contribution is 2.34. The van der Waals surface area contributed by atoms with Crippen LogP contribution in [0, 0.1) is 5.41 Å². The van der Waals surface area contributed by atoms with Crippen LogP contribution in [0.15, 0.2) is 24.3 Å². The van der Waals surface area contributed by atoms with Gasteiger partial charge in [-0.3, -0.25) is 0 Å². The van der Waals surface area contributed by atoms with Crippen LogP contribution in [0.2, 0.25) is 0 Å². The number of benzene rings is 1. The Morgan fingerprint density at radius 3 is 3.00 bits per heavy atom. The van der Waals surface area contributed by atoms with Gasteiger partial charge < -0.3 is 11.1 Å². The minimum Gasteiger partial charge on any atom is -0.384 e. The highest BCUT2D eigenvalue weighted by Gasteiger charge is 2.28. The van der Waals surface area contributed by atoms with E-state index in [2.05, 4.69) is 36.5 Å². The molecule has 0 saturated carbocycles. The van der Waals surface area contributed by atoms with Crippen molar-refractivity contribution in [3.05, 3.63) is 29.8 Å². The van der Waals surface area contributed by atoms with Gasteiger partial charge in [0.1, 0.15) is 0 Å². The molecule has 1 aromatic rings. The van der Waals surface area contributed by atoms with Crippen LogP contribution in [0.25, 0.3) is 0 Å². The van der Waals surface area contributed by atoms with Crippen molar-refractivity contribution < 1.29 is 0 Å². The molecule has 0 fully saturated rings. The molecule has 1 aliphatic rings. The molecule has 0 aromatic heterocycles. The third-order valence-corrected chi connectivity index (χ3v) is 3.09. The lowest BCUT2D eigenvalue weighted by Gasteiger charge is -2.35. The van der Waals surface area contributed by atoms with Crippen molar-refractivity contribution in [2.75, 3.05) is 18.4 Å². The maximum absolute atomic E-state index is 5.64. The van der Waals surface area contributed by atoms with Crippen LogP contribution in [0.1, 0.15) is 18.9 Å². The van der Waals surface area contributed by atoms with Gasteiger partial charge in [-0.15, -0.1) is 0 Å². The largest absolute Gasteiger partial charge is 0.384 e. The molecule has 76 valence electrons. The molecule has 0 bridgehead atoms. The zero-order valence-electron chi connectivity index (χ0n) is 8.72. The molecule has 1 heterocycles. The standard InChI is InChI=1S/C12H18N2/c1-12(6-7-13)8-10-4-2-3-5-11(10)14-9-12/h2-5,14H,6-9,13H2,1H3. The number of rotatable bonds is 2. The van der Waals surface area contributed by atoms with Crippen molar-refractivity contribution in [3.63, 3.8) is 0 Å². The second kappa shape index (κ2) is 3.62. The lowest BCUT2D eigenvalue weighted by molar-refractivity contribution is 0.314. The summed E-state index contributed by atoms with van der Waals surface area (Å²) in [6.07, 6.45) is 2.24. The van der Waals surface area contributed by atoms with E-state index in [4.69, 9.17) is 5.73 Å². The molecule has 1 aliphatic heterocycles. The Morgan fingerprint density at radius 1 is 1.43 bits per heavy atom. The lowest BCUT2D eigenvalue weighted by atomic mass is 9.78. The van der Waals surface area contributed by atoms with E-state index >= 15 is 0 Å². The smallest absolute Gasteiger partial charge is 0.0373 e. The summed E-state index contributed by atoms with van der Waals surface area (Å²) in [7, 11) is 0. The maximum atomic E-state index is 5.64. The SMILES string of the molecule is CC1(CCN)CNc2ccccc2C1. The van der Waals surface area contributed by atoms with E-state index in [1.165, 1.54) is 11.3 Å². The Morgan fingerprint density at radius 2 is 2.21 bits per heavy atom. The molecule has 3 N–H and O–H groups in total. The summed E-state index contributed by atoms with van der Waals surface area (Å²) in [5, 5.41) is 3.48. The van der Waals surface area contributed by atoms with E-state index < -0.39 is 0 Å². The molecule has 0 saturated heterocycles. The van der Waals surface area contributed by atoms with Crippen LogP contribution in [-0.4, -0.2) is 13.1 Å². The third-order valence-electron chi connectivity index (χ3n) is 3.09. The second-order valence-electron chi connectivity index (χ2n) is 4.54. The van der Waals surface area contributed by atoms with Crippen LogP contribution in [0.5, 0.6) is 0 Å². The number of fused-ring (bicyclic) bond motifs is 1. The first kappa shape index (κ1) is 9.53. The van der Waals surface area contributed by atoms with Crippen LogP contribution in [0.3, 0.4) is 0 Å². The Bertz CT molecular complexity index is 322. The van der Waals surface area contributed by atoms with Gasteiger partial charge in [-0.2, -0.15) is 0 Å². The molecule has 2 heteroatoms. The first-order valence-corrected chi connectivity index (χ1v) is 5.25. The topological polar surface area (TPSA) is 38.0 Å². The fourth-order valence-electron chi connectivity index (χ4n) is 2.20. The first-order valence-electron chi connectivity index (χ1n) is 5.25. The van der Waals surface area contributed by atoms with Gasteiger partial charge in [0.2, 0.25) is 0 Å². The van der Waals surface area contributed by atoms with Gasteiger partial charge in [-0.05, 0) is 36.4 Å². The third kappa shape index (κ3) is 1.75. The van der Waals surface area contributed by atoms with E-state index in [0.717, 1.165) is 25.9 Å². The summed E-state index contributed by atoms with van der Waals surface area (Å²) in [5.74, 6) is 0. The molecule has 14 heavy (non-hydrogen) atoms. The normalized spacial score (nSPS) is 25.3. The maximum Gasteiger partial charge on any atom is 0.0373 e. The summed E-state index contributed by atoms with van der Waals surface area (Å²) < 4.78 is 0. The molecule has 2 nitrogen and oxygen atoms in total. The van der Waals surface area contributed by atoms with Gasteiger partial charge in [0.25, 0.3) is 0 Å².